The molecule has 0 atom stereocenters. The number of hydrogen-bond donors (Lipinski definition) is 1. The van der Waals surface area contributed by atoms with Gasteiger partial charge in [0.15, 0.2) is 0 Å². The Morgan fingerprint density at radius 2 is 1.89 bits per heavy atom. The van der Waals surface area contributed by atoms with Crippen LogP contribution in [0, 0.1) is 0 Å². The van der Waals surface area contributed by atoms with Gasteiger partial charge in [0.1, 0.15) is 0 Å². The van der Waals surface area contributed by atoms with Crippen molar-refractivity contribution in [3.8, 4) is 0 Å². The first-order chi connectivity index (χ1) is 8.83. The van der Waals surface area contributed by atoms with Crippen molar-refractivity contribution in [1.29, 1.82) is 0 Å². The van der Waals surface area contributed by atoms with Gasteiger partial charge in [-0.1, -0.05) is 24.4 Å². The second-order valence-electron chi connectivity index (χ2n) is 4.73. The van der Waals surface area contributed by atoms with E-state index in [2.05, 4.69) is 21.1 Å². The summed E-state index contributed by atoms with van der Waals surface area (Å²) in [7, 11) is 0. The average Bonchev–Trinajstić information content (AvgIpc) is 3.02. The molecule has 1 fully saturated rings. The molecule has 1 N–H and O–H groups in total. The molecule has 1 aliphatic carbocycles. The van der Waals surface area contributed by atoms with Gasteiger partial charge in [0.25, 0.3) is 0 Å². The Labute approximate surface area is 112 Å². The maximum Gasteiger partial charge on any atom is 0.207 e. The lowest BCUT2D eigenvalue weighted by Crippen LogP contribution is -2.07. The van der Waals surface area contributed by atoms with Crippen LogP contribution in [0.3, 0.4) is 0 Å². The van der Waals surface area contributed by atoms with E-state index in [9.17, 15) is 0 Å². The van der Waals surface area contributed by atoms with E-state index >= 15 is 0 Å². The summed E-state index contributed by atoms with van der Waals surface area (Å²) in [5.41, 5.74) is 1.02. The molecule has 3 nitrogen and oxygen atoms in total. The number of imidazole rings is 1. The zero-order valence-electron chi connectivity index (χ0n) is 10.1. The van der Waals surface area contributed by atoms with Crippen molar-refractivity contribution in [2.24, 2.45) is 0 Å². The van der Waals surface area contributed by atoms with Gasteiger partial charge in [0.05, 0.1) is 0 Å². The zero-order valence-corrected chi connectivity index (χ0v) is 10.9. The predicted octanol–water partition coefficient (Wildman–Crippen LogP) is 4.40. The highest BCUT2D eigenvalue weighted by molar-refractivity contribution is 6.30. The molecule has 2 aromatic rings. The van der Waals surface area contributed by atoms with Gasteiger partial charge in [0, 0.05) is 29.1 Å². The molecule has 0 spiro atoms. The number of benzene rings is 1. The van der Waals surface area contributed by atoms with E-state index in [4.69, 9.17) is 11.6 Å². The van der Waals surface area contributed by atoms with E-state index in [-0.39, 0.29) is 0 Å². The molecule has 4 heteroatoms. The minimum atomic E-state index is 0.599. The average molecular weight is 262 g/mol. The number of rotatable bonds is 3. The van der Waals surface area contributed by atoms with Gasteiger partial charge >= 0.3 is 0 Å². The SMILES string of the molecule is Clc1ccc(Nc2nccn2C2CCCC2)cc1. The summed E-state index contributed by atoms with van der Waals surface area (Å²) in [5.74, 6) is 0.921. The van der Waals surface area contributed by atoms with Gasteiger partial charge in [-0.15, -0.1) is 0 Å². The second-order valence-corrected chi connectivity index (χ2v) is 5.16. The molecule has 0 saturated heterocycles. The number of halogens is 1. The van der Waals surface area contributed by atoms with Gasteiger partial charge in [-0.2, -0.15) is 0 Å². The molecule has 1 aromatic heterocycles. The minimum absolute atomic E-state index is 0.599. The fraction of sp³-hybridized carbons (Fsp3) is 0.357. The summed E-state index contributed by atoms with van der Waals surface area (Å²) in [6, 6.07) is 8.30. The standard InChI is InChI=1S/C14H16ClN3/c15-11-5-7-12(8-6-11)17-14-16-9-10-18(14)13-3-1-2-4-13/h5-10,13H,1-4H2,(H,16,17). The van der Waals surface area contributed by atoms with Crippen molar-refractivity contribution < 1.29 is 0 Å². The Morgan fingerprint density at radius 1 is 1.17 bits per heavy atom. The number of hydrogen-bond acceptors (Lipinski definition) is 2. The third-order valence-corrected chi connectivity index (χ3v) is 3.74. The van der Waals surface area contributed by atoms with Crippen LogP contribution in [0.15, 0.2) is 36.7 Å². The molecule has 18 heavy (non-hydrogen) atoms. The van der Waals surface area contributed by atoms with Crippen LogP contribution >= 0.6 is 11.6 Å². The maximum absolute atomic E-state index is 5.88. The van der Waals surface area contributed by atoms with Crippen LogP contribution in [0.25, 0.3) is 0 Å². The molecule has 1 aromatic carbocycles. The lowest BCUT2D eigenvalue weighted by molar-refractivity contribution is 0.525. The van der Waals surface area contributed by atoms with Gasteiger partial charge in [-0.05, 0) is 37.1 Å². The van der Waals surface area contributed by atoms with E-state index in [1.165, 1.54) is 25.7 Å². The van der Waals surface area contributed by atoms with Crippen LogP contribution < -0.4 is 5.32 Å². The molecular weight excluding hydrogens is 246 g/mol. The van der Waals surface area contributed by atoms with E-state index in [0.717, 1.165) is 16.7 Å². The third kappa shape index (κ3) is 2.36. The number of anilines is 2. The Kier molecular flexibility index (Phi) is 3.24. The molecule has 3 rings (SSSR count). The van der Waals surface area contributed by atoms with Crippen molar-refractivity contribution in [3.63, 3.8) is 0 Å². The Hall–Kier alpha value is -1.48. The first-order valence-corrected chi connectivity index (χ1v) is 6.76. The highest BCUT2D eigenvalue weighted by Gasteiger charge is 2.19. The van der Waals surface area contributed by atoms with Gasteiger partial charge < -0.3 is 9.88 Å². The van der Waals surface area contributed by atoms with Crippen LogP contribution in [0.4, 0.5) is 11.6 Å². The van der Waals surface area contributed by atoms with Gasteiger partial charge in [-0.25, -0.2) is 4.98 Å². The Balaban J connectivity index is 1.80. The lowest BCUT2D eigenvalue weighted by atomic mass is 10.2. The first kappa shape index (κ1) is 11.6. The molecule has 0 aliphatic heterocycles. The molecule has 94 valence electrons. The predicted molar refractivity (Wildman–Crippen MR) is 74.5 cm³/mol. The third-order valence-electron chi connectivity index (χ3n) is 3.49. The minimum Gasteiger partial charge on any atom is -0.326 e. The summed E-state index contributed by atoms with van der Waals surface area (Å²) in [4.78, 5) is 4.40. The van der Waals surface area contributed by atoms with Gasteiger partial charge in [0.2, 0.25) is 5.95 Å². The smallest absolute Gasteiger partial charge is 0.207 e. The summed E-state index contributed by atoms with van der Waals surface area (Å²) >= 11 is 5.88. The quantitative estimate of drug-likeness (QED) is 0.888. The lowest BCUT2D eigenvalue weighted by Gasteiger charge is -2.15. The van der Waals surface area contributed by atoms with Gasteiger partial charge in [-0.3, -0.25) is 0 Å². The molecule has 0 amide bonds. The molecule has 1 aliphatic rings. The largest absolute Gasteiger partial charge is 0.326 e. The summed E-state index contributed by atoms with van der Waals surface area (Å²) in [6.07, 6.45) is 9.08. The van der Waals surface area contributed by atoms with E-state index in [0.29, 0.717) is 6.04 Å². The van der Waals surface area contributed by atoms with E-state index < -0.39 is 0 Å². The normalized spacial score (nSPS) is 16.1. The highest BCUT2D eigenvalue weighted by Crippen LogP contribution is 2.32. The van der Waals surface area contributed by atoms with E-state index in [1.807, 2.05) is 30.5 Å². The number of nitrogens with one attached hydrogen (secondary N) is 1. The van der Waals surface area contributed by atoms with Crippen LogP contribution in [0.1, 0.15) is 31.7 Å². The topological polar surface area (TPSA) is 29.9 Å². The maximum atomic E-state index is 5.88. The first-order valence-electron chi connectivity index (χ1n) is 6.38. The van der Waals surface area contributed by atoms with Crippen molar-refractivity contribution in [1.82, 2.24) is 9.55 Å². The van der Waals surface area contributed by atoms with Crippen molar-refractivity contribution in [2.75, 3.05) is 5.32 Å². The fourth-order valence-electron chi connectivity index (χ4n) is 2.55. The monoisotopic (exact) mass is 261 g/mol. The fourth-order valence-corrected chi connectivity index (χ4v) is 2.68. The summed E-state index contributed by atoms with van der Waals surface area (Å²) < 4.78 is 2.25. The van der Waals surface area contributed by atoms with Crippen LogP contribution in [-0.4, -0.2) is 9.55 Å². The summed E-state index contributed by atoms with van der Waals surface area (Å²) in [5, 5.41) is 4.10. The molecule has 1 saturated carbocycles. The highest BCUT2D eigenvalue weighted by atomic mass is 35.5. The number of nitrogens with zero attached hydrogens (tertiary/aromatic N) is 2. The molecular formula is C14H16ClN3. The van der Waals surface area contributed by atoms with Crippen LogP contribution in [0.5, 0.6) is 0 Å². The number of aromatic nitrogens is 2. The Morgan fingerprint density at radius 3 is 2.61 bits per heavy atom. The van der Waals surface area contributed by atoms with Crippen molar-refractivity contribution in [2.45, 2.75) is 31.7 Å². The van der Waals surface area contributed by atoms with Crippen LogP contribution in [0.2, 0.25) is 5.02 Å². The second kappa shape index (κ2) is 5.02. The van der Waals surface area contributed by atoms with Crippen molar-refractivity contribution in [3.05, 3.63) is 41.7 Å². The Bertz CT molecular complexity index is 512. The summed E-state index contributed by atoms with van der Waals surface area (Å²) in [6.45, 7) is 0. The molecule has 0 radical (unpaired) electrons. The van der Waals surface area contributed by atoms with E-state index in [1.54, 1.807) is 0 Å². The molecule has 0 bridgehead atoms. The molecule has 1 heterocycles. The molecule has 0 unspecified atom stereocenters. The zero-order chi connectivity index (χ0) is 12.4. The van der Waals surface area contributed by atoms with Crippen molar-refractivity contribution >= 4 is 23.2 Å². The van der Waals surface area contributed by atoms with Crippen LogP contribution in [-0.2, 0) is 0 Å².